The molecule has 2 heterocycles. The highest BCUT2D eigenvalue weighted by Gasteiger charge is 2.21. The first-order chi connectivity index (χ1) is 21.3. The highest BCUT2D eigenvalue weighted by Crippen LogP contribution is 2.21. The van der Waals surface area contributed by atoms with Gasteiger partial charge in [-0.1, -0.05) is 32.3 Å². The molecule has 2 aromatic carbocycles. The summed E-state index contributed by atoms with van der Waals surface area (Å²) in [6.07, 6.45) is 3.41. The van der Waals surface area contributed by atoms with E-state index in [0.29, 0.717) is 35.6 Å². The number of imidazole rings is 1. The monoisotopic (exact) mass is 601 g/mol. The Balaban J connectivity index is 1.38. The molecule has 0 unspecified atom stereocenters. The number of aliphatic hydroxyl groups is 2. The topological polar surface area (TPSA) is 166 Å². The fourth-order valence-electron chi connectivity index (χ4n) is 4.61. The average Bonchev–Trinajstić information content (AvgIpc) is 3.34. The Bertz CT molecular complexity index is 1550. The molecular weight excluding hydrogens is 562 g/mol. The second-order valence-corrected chi connectivity index (χ2v) is 10.3. The Morgan fingerprint density at radius 1 is 1.05 bits per heavy atom. The normalized spacial score (nSPS) is 11.0. The minimum atomic E-state index is -1.55. The number of pyridine rings is 1. The minimum absolute atomic E-state index is 0.0195. The molecule has 0 fully saturated rings. The molecule has 0 bridgehead atoms. The summed E-state index contributed by atoms with van der Waals surface area (Å²) >= 11 is 0. The van der Waals surface area contributed by atoms with E-state index < -0.39 is 12.4 Å². The molecule has 0 radical (unpaired) electrons. The molecule has 2 amide bonds. The van der Waals surface area contributed by atoms with E-state index in [4.69, 9.17) is 15.1 Å². The standard InChI is InChI=1S/C32H39N7O5/c1-3-4-5-8-19-44-32(43)37-30(33)22-10-13-24(14-11-22)35-21-28-36-25-20-23(12-15-26(25)38(28)2)31(42)39(18-16-29(40)41)27-9-6-7-17-34-27/h6-7,9-15,17,20,29,35,40-41H,3-5,8,16,18-19,21H2,1-2H3,(H2,33,37,43). The molecule has 44 heavy (non-hydrogen) atoms. The van der Waals surface area contributed by atoms with E-state index in [0.717, 1.165) is 42.7 Å². The lowest BCUT2D eigenvalue weighted by atomic mass is 10.1. The van der Waals surface area contributed by atoms with Crippen molar-refractivity contribution in [3.05, 3.63) is 83.8 Å². The summed E-state index contributed by atoms with van der Waals surface area (Å²) in [6, 6.07) is 17.6. The first-order valence-electron chi connectivity index (χ1n) is 14.7. The molecule has 0 aliphatic carbocycles. The fourth-order valence-corrected chi connectivity index (χ4v) is 4.61. The number of aliphatic hydroxyl groups excluding tert-OH is 1. The van der Waals surface area contributed by atoms with Crippen LogP contribution >= 0.6 is 0 Å². The number of rotatable bonds is 14. The van der Waals surface area contributed by atoms with Crippen LogP contribution in [-0.4, -0.2) is 62.0 Å². The number of hydrogen-bond acceptors (Lipinski definition) is 9. The first kappa shape index (κ1) is 32.1. The second kappa shape index (κ2) is 15.6. The van der Waals surface area contributed by atoms with Crippen LogP contribution < -0.4 is 15.5 Å². The summed E-state index contributed by atoms with van der Waals surface area (Å²) in [5, 5.41) is 32.7. The molecule has 12 heteroatoms. The van der Waals surface area contributed by atoms with Gasteiger partial charge < -0.3 is 24.8 Å². The van der Waals surface area contributed by atoms with E-state index in [-0.39, 0.29) is 24.7 Å². The SMILES string of the molecule is CCCCCCOC(=O)NC(=N)c1ccc(NCc2nc3cc(C(=O)N(CCC(O)O)c4ccccn4)ccc3n2C)cc1. The molecule has 0 atom stereocenters. The fraction of sp³-hybridized carbons (Fsp3) is 0.344. The van der Waals surface area contributed by atoms with Gasteiger partial charge in [0.25, 0.3) is 5.91 Å². The van der Waals surface area contributed by atoms with Crippen molar-refractivity contribution >= 4 is 40.4 Å². The lowest BCUT2D eigenvalue weighted by Crippen LogP contribution is -2.34. The minimum Gasteiger partial charge on any atom is -0.449 e. The summed E-state index contributed by atoms with van der Waals surface area (Å²) in [5.41, 5.74) is 3.25. The summed E-state index contributed by atoms with van der Waals surface area (Å²) in [4.78, 5) is 35.8. The van der Waals surface area contributed by atoms with Crippen molar-refractivity contribution in [2.45, 2.75) is 51.9 Å². The van der Waals surface area contributed by atoms with Crippen LogP contribution in [0.2, 0.25) is 0 Å². The summed E-state index contributed by atoms with van der Waals surface area (Å²) in [7, 11) is 1.90. The van der Waals surface area contributed by atoms with Crippen molar-refractivity contribution in [3.8, 4) is 0 Å². The number of benzene rings is 2. The van der Waals surface area contributed by atoms with Crippen LogP contribution in [0.25, 0.3) is 11.0 Å². The number of hydrogen-bond donors (Lipinski definition) is 5. The van der Waals surface area contributed by atoms with Crippen LogP contribution in [0.3, 0.4) is 0 Å². The predicted molar refractivity (Wildman–Crippen MR) is 169 cm³/mol. The Morgan fingerprint density at radius 2 is 1.82 bits per heavy atom. The highest BCUT2D eigenvalue weighted by atomic mass is 16.5. The molecular formula is C32H39N7O5. The van der Waals surface area contributed by atoms with Gasteiger partial charge in [-0.25, -0.2) is 14.8 Å². The van der Waals surface area contributed by atoms with Gasteiger partial charge in [-0.3, -0.25) is 20.4 Å². The van der Waals surface area contributed by atoms with E-state index >= 15 is 0 Å². The lowest BCUT2D eigenvalue weighted by Gasteiger charge is -2.22. The van der Waals surface area contributed by atoms with Crippen LogP contribution in [0, 0.1) is 5.41 Å². The van der Waals surface area contributed by atoms with Gasteiger partial charge in [-0.05, 0) is 61.0 Å². The van der Waals surface area contributed by atoms with Gasteiger partial charge in [0.15, 0.2) is 6.29 Å². The van der Waals surface area contributed by atoms with Crippen LogP contribution in [0.4, 0.5) is 16.3 Å². The molecule has 2 aromatic heterocycles. The van der Waals surface area contributed by atoms with Gasteiger partial charge >= 0.3 is 6.09 Å². The molecule has 0 aliphatic rings. The van der Waals surface area contributed by atoms with Crippen molar-refractivity contribution in [3.63, 3.8) is 0 Å². The van der Waals surface area contributed by atoms with E-state index in [2.05, 4.69) is 22.5 Å². The number of aryl methyl sites for hydroxylation is 1. The van der Waals surface area contributed by atoms with Crippen molar-refractivity contribution in [2.24, 2.45) is 7.05 Å². The van der Waals surface area contributed by atoms with Crippen molar-refractivity contribution in [1.82, 2.24) is 19.9 Å². The van der Waals surface area contributed by atoms with E-state index in [9.17, 15) is 19.8 Å². The van der Waals surface area contributed by atoms with Gasteiger partial charge in [-0.2, -0.15) is 0 Å². The summed E-state index contributed by atoms with van der Waals surface area (Å²) in [6.45, 7) is 2.94. The van der Waals surface area contributed by atoms with Crippen LogP contribution in [0.5, 0.6) is 0 Å². The number of nitrogens with one attached hydrogen (secondary N) is 3. The number of amides is 2. The number of ether oxygens (including phenoxy) is 1. The maximum absolute atomic E-state index is 13.4. The van der Waals surface area contributed by atoms with Gasteiger partial charge in [0.05, 0.1) is 24.2 Å². The summed E-state index contributed by atoms with van der Waals surface area (Å²) in [5.74, 6) is 0.801. The molecule has 4 rings (SSSR count). The van der Waals surface area contributed by atoms with Gasteiger partial charge in [0.2, 0.25) is 0 Å². The van der Waals surface area contributed by atoms with Crippen molar-refractivity contribution in [1.29, 1.82) is 5.41 Å². The lowest BCUT2D eigenvalue weighted by molar-refractivity contribution is -0.0431. The van der Waals surface area contributed by atoms with Gasteiger partial charge in [0, 0.05) is 43.0 Å². The number of carbonyl (C=O) groups excluding carboxylic acids is 2. The van der Waals surface area contributed by atoms with Crippen molar-refractivity contribution < 1.29 is 24.5 Å². The highest BCUT2D eigenvalue weighted by molar-refractivity contribution is 6.07. The number of anilines is 2. The molecule has 12 nitrogen and oxygen atoms in total. The molecule has 0 aliphatic heterocycles. The quantitative estimate of drug-likeness (QED) is 0.0607. The van der Waals surface area contributed by atoms with E-state index in [1.165, 1.54) is 4.90 Å². The molecule has 5 N–H and O–H groups in total. The van der Waals surface area contributed by atoms with E-state index in [1.54, 1.807) is 48.7 Å². The third kappa shape index (κ3) is 8.62. The third-order valence-electron chi connectivity index (χ3n) is 7.08. The Kier molecular flexibility index (Phi) is 11.4. The maximum Gasteiger partial charge on any atom is 0.412 e. The molecule has 0 spiro atoms. The number of nitrogens with zero attached hydrogens (tertiary/aromatic N) is 4. The zero-order valence-corrected chi connectivity index (χ0v) is 25.0. The van der Waals surface area contributed by atoms with Crippen LogP contribution in [0.1, 0.15) is 60.8 Å². The smallest absolute Gasteiger partial charge is 0.412 e. The molecule has 4 aromatic rings. The van der Waals surface area contributed by atoms with Gasteiger partial charge in [0.1, 0.15) is 17.5 Å². The number of unbranched alkanes of at least 4 members (excludes halogenated alkanes) is 3. The largest absolute Gasteiger partial charge is 0.449 e. The zero-order valence-electron chi connectivity index (χ0n) is 25.0. The Hall–Kier alpha value is -4.81. The predicted octanol–water partition coefficient (Wildman–Crippen LogP) is 4.56. The molecule has 0 saturated heterocycles. The third-order valence-corrected chi connectivity index (χ3v) is 7.08. The number of carbonyl (C=O) groups is 2. The van der Waals surface area contributed by atoms with Crippen LogP contribution in [0.15, 0.2) is 66.9 Å². The molecule has 232 valence electrons. The summed E-state index contributed by atoms with van der Waals surface area (Å²) < 4.78 is 7.09. The number of amidine groups is 1. The van der Waals surface area contributed by atoms with Gasteiger partial charge in [-0.15, -0.1) is 0 Å². The Labute approximate surface area is 256 Å². The first-order valence-corrected chi connectivity index (χ1v) is 14.7. The maximum atomic E-state index is 13.4. The van der Waals surface area contributed by atoms with E-state index in [1.807, 2.05) is 29.8 Å². The molecule has 0 saturated carbocycles. The second-order valence-electron chi connectivity index (χ2n) is 10.3. The zero-order chi connectivity index (χ0) is 31.5. The number of fused-ring (bicyclic) bond motifs is 1. The number of aromatic nitrogens is 3. The number of alkyl carbamates (subject to hydrolysis) is 1. The Morgan fingerprint density at radius 3 is 2.52 bits per heavy atom. The van der Waals surface area contributed by atoms with Crippen LogP contribution in [-0.2, 0) is 18.3 Å². The average molecular weight is 602 g/mol. The van der Waals surface area contributed by atoms with Crippen molar-refractivity contribution in [2.75, 3.05) is 23.4 Å².